The number of methoxy groups -OCH3 is 1. The molecule has 32 heavy (non-hydrogen) atoms. The maximum absolute atomic E-state index is 12.9. The Morgan fingerprint density at radius 3 is 2.22 bits per heavy atom. The molecule has 1 heterocycles. The average molecular weight is 438 g/mol. The Hall–Kier alpha value is -3.41. The van der Waals surface area contributed by atoms with Crippen LogP contribution in [0.5, 0.6) is 5.75 Å². The lowest BCUT2D eigenvalue weighted by Gasteiger charge is -2.10. The van der Waals surface area contributed by atoms with Gasteiger partial charge in [0.05, 0.1) is 7.11 Å². The summed E-state index contributed by atoms with van der Waals surface area (Å²) in [6.07, 6.45) is 1.40. The summed E-state index contributed by atoms with van der Waals surface area (Å²) in [6, 6.07) is 15.8. The molecule has 0 radical (unpaired) electrons. The molecule has 3 rings (SSSR count). The fourth-order valence-corrected chi connectivity index (χ4v) is 3.65. The van der Waals surface area contributed by atoms with E-state index in [2.05, 4.69) is 4.57 Å². The minimum absolute atomic E-state index is 0.139. The molecule has 6 heteroatoms. The van der Waals surface area contributed by atoms with Crippen LogP contribution >= 0.6 is 0 Å². The van der Waals surface area contributed by atoms with E-state index in [0.29, 0.717) is 12.0 Å². The number of benzene rings is 2. The van der Waals surface area contributed by atoms with Gasteiger partial charge in [-0.15, -0.1) is 0 Å². The van der Waals surface area contributed by atoms with E-state index in [1.54, 1.807) is 19.2 Å². The number of carbonyl (C=O) groups excluding carboxylic acids is 2. The highest BCUT2D eigenvalue weighted by Gasteiger charge is 2.17. The number of carbonyl (C=O) groups is 2. The summed E-state index contributed by atoms with van der Waals surface area (Å²) in [5.74, 6) is -0.161. The summed E-state index contributed by atoms with van der Waals surface area (Å²) >= 11 is 0. The van der Waals surface area contributed by atoms with Crippen molar-refractivity contribution in [1.29, 1.82) is 0 Å². The number of hydrogen-bond donors (Lipinski definition) is 0. The molecule has 0 spiro atoms. The molecule has 0 saturated carbocycles. The minimum Gasteiger partial charge on any atom is -0.497 e. The summed E-state index contributed by atoms with van der Waals surface area (Å²) in [6.45, 7) is 4.33. The number of esters is 1. The minimum atomic E-state index is -0.448. The van der Waals surface area contributed by atoms with Crippen LogP contribution in [0.4, 0.5) is 4.39 Å². The van der Waals surface area contributed by atoms with E-state index in [9.17, 15) is 14.0 Å². The predicted molar refractivity (Wildman–Crippen MR) is 121 cm³/mol. The van der Waals surface area contributed by atoms with E-state index in [1.807, 2.05) is 44.2 Å². The van der Waals surface area contributed by atoms with Crippen molar-refractivity contribution in [3.63, 3.8) is 0 Å². The van der Waals surface area contributed by atoms with Gasteiger partial charge in [-0.25, -0.2) is 4.39 Å². The van der Waals surface area contributed by atoms with Crippen molar-refractivity contribution in [1.82, 2.24) is 4.57 Å². The van der Waals surface area contributed by atoms with Gasteiger partial charge in [-0.05, 0) is 68.1 Å². The van der Waals surface area contributed by atoms with Gasteiger partial charge < -0.3 is 14.0 Å². The van der Waals surface area contributed by atoms with Gasteiger partial charge in [-0.1, -0.05) is 24.3 Å². The van der Waals surface area contributed by atoms with E-state index in [-0.39, 0.29) is 24.6 Å². The van der Waals surface area contributed by atoms with Crippen LogP contribution in [0, 0.1) is 19.7 Å². The van der Waals surface area contributed by atoms with Crippen LogP contribution in [0.25, 0.3) is 0 Å². The fraction of sp³-hybridized carbons (Fsp3) is 0.308. The Morgan fingerprint density at radius 1 is 0.938 bits per heavy atom. The Morgan fingerprint density at radius 2 is 1.56 bits per heavy atom. The first-order valence-corrected chi connectivity index (χ1v) is 10.6. The molecule has 0 amide bonds. The fourth-order valence-electron chi connectivity index (χ4n) is 3.65. The normalized spacial score (nSPS) is 10.8. The molecule has 0 saturated heterocycles. The highest BCUT2D eigenvalue weighted by Crippen LogP contribution is 2.18. The molecule has 0 bridgehead atoms. The molecule has 0 atom stereocenters. The van der Waals surface area contributed by atoms with E-state index in [4.69, 9.17) is 9.47 Å². The average Bonchev–Trinajstić information content (AvgIpc) is 3.09. The molecule has 5 nitrogen and oxygen atoms in total. The van der Waals surface area contributed by atoms with E-state index in [1.165, 1.54) is 17.7 Å². The standard InChI is InChI=1S/C26H28FNO4/c1-18-16-24(19(2)28(18)15-14-21-6-11-23(31-3)12-7-21)25(29)17-32-26(30)13-8-20-4-9-22(27)10-5-20/h4-7,9-12,16H,8,13-15,17H2,1-3H3. The zero-order valence-corrected chi connectivity index (χ0v) is 18.7. The number of aromatic nitrogens is 1. The number of Topliss-reactive ketones (excluding diaryl/α,β-unsaturated/α-hetero) is 1. The van der Waals surface area contributed by atoms with Crippen molar-refractivity contribution >= 4 is 11.8 Å². The van der Waals surface area contributed by atoms with Crippen molar-refractivity contribution in [3.05, 3.63) is 88.5 Å². The van der Waals surface area contributed by atoms with Gasteiger partial charge >= 0.3 is 5.97 Å². The summed E-state index contributed by atoms with van der Waals surface area (Å²) in [7, 11) is 1.64. The third-order valence-corrected chi connectivity index (χ3v) is 5.55. The zero-order valence-electron chi connectivity index (χ0n) is 18.7. The number of hydrogen-bond acceptors (Lipinski definition) is 4. The SMILES string of the molecule is COc1ccc(CCn2c(C)cc(C(=O)COC(=O)CCc3ccc(F)cc3)c2C)cc1. The van der Waals surface area contributed by atoms with Gasteiger partial charge in [0.1, 0.15) is 11.6 Å². The summed E-state index contributed by atoms with van der Waals surface area (Å²) in [5.41, 5.74) is 4.45. The van der Waals surface area contributed by atoms with Crippen molar-refractivity contribution < 1.29 is 23.5 Å². The Bertz CT molecular complexity index is 1070. The lowest BCUT2D eigenvalue weighted by atomic mass is 10.1. The second-order valence-corrected chi connectivity index (χ2v) is 7.74. The van der Waals surface area contributed by atoms with Crippen LogP contribution in [-0.4, -0.2) is 30.0 Å². The number of ether oxygens (including phenoxy) is 2. The quantitative estimate of drug-likeness (QED) is 0.336. The molecule has 0 N–H and O–H groups in total. The number of nitrogens with zero attached hydrogens (tertiary/aromatic N) is 1. The van der Waals surface area contributed by atoms with Crippen molar-refractivity contribution in [3.8, 4) is 5.75 Å². The predicted octanol–water partition coefficient (Wildman–Crippen LogP) is 4.85. The van der Waals surface area contributed by atoms with Gasteiger partial charge in [0.25, 0.3) is 0 Å². The highest BCUT2D eigenvalue weighted by atomic mass is 19.1. The van der Waals surface area contributed by atoms with Gasteiger partial charge in [0.15, 0.2) is 6.61 Å². The van der Waals surface area contributed by atoms with Crippen LogP contribution in [0.1, 0.15) is 39.3 Å². The topological polar surface area (TPSA) is 57.5 Å². The van der Waals surface area contributed by atoms with Crippen LogP contribution in [0.15, 0.2) is 54.6 Å². The molecule has 3 aromatic rings. The van der Waals surface area contributed by atoms with Crippen molar-refractivity contribution in [2.45, 2.75) is 39.7 Å². The van der Waals surface area contributed by atoms with E-state index >= 15 is 0 Å². The summed E-state index contributed by atoms with van der Waals surface area (Å²) in [5, 5.41) is 0. The molecule has 0 aliphatic carbocycles. The molecule has 1 aromatic heterocycles. The van der Waals surface area contributed by atoms with Gasteiger partial charge in [-0.2, -0.15) is 0 Å². The number of ketones is 1. The Kier molecular flexibility index (Phi) is 7.82. The molecule has 2 aromatic carbocycles. The lowest BCUT2D eigenvalue weighted by Crippen LogP contribution is -2.15. The maximum atomic E-state index is 12.9. The van der Waals surface area contributed by atoms with Crippen LogP contribution in [-0.2, 0) is 28.9 Å². The van der Waals surface area contributed by atoms with E-state index < -0.39 is 5.97 Å². The second-order valence-electron chi connectivity index (χ2n) is 7.74. The van der Waals surface area contributed by atoms with Crippen LogP contribution in [0.3, 0.4) is 0 Å². The largest absolute Gasteiger partial charge is 0.497 e. The van der Waals surface area contributed by atoms with Crippen LogP contribution in [0.2, 0.25) is 0 Å². The Balaban J connectivity index is 1.52. The Labute approximate surface area is 187 Å². The van der Waals surface area contributed by atoms with Crippen molar-refractivity contribution in [2.24, 2.45) is 0 Å². The molecule has 0 aliphatic heterocycles. The number of halogens is 1. The molecule has 0 fully saturated rings. The van der Waals surface area contributed by atoms with Gasteiger partial charge in [0, 0.05) is 29.9 Å². The molecule has 0 aliphatic rings. The van der Waals surface area contributed by atoms with Gasteiger partial charge in [0.2, 0.25) is 5.78 Å². The summed E-state index contributed by atoms with van der Waals surface area (Å²) < 4.78 is 25.4. The monoisotopic (exact) mass is 437 g/mol. The zero-order chi connectivity index (χ0) is 23.1. The van der Waals surface area contributed by atoms with Crippen LogP contribution < -0.4 is 4.74 Å². The highest BCUT2D eigenvalue weighted by molar-refractivity contribution is 5.99. The lowest BCUT2D eigenvalue weighted by molar-refractivity contribution is -0.142. The summed E-state index contributed by atoms with van der Waals surface area (Å²) in [4.78, 5) is 24.7. The van der Waals surface area contributed by atoms with Crippen molar-refractivity contribution in [2.75, 3.05) is 13.7 Å². The van der Waals surface area contributed by atoms with Gasteiger partial charge in [-0.3, -0.25) is 9.59 Å². The number of rotatable bonds is 10. The first-order chi connectivity index (χ1) is 15.4. The third kappa shape index (κ3) is 6.06. The third-order valence-electron chi connectivity index (χ3n) is 5.55. The molecular weight excluding hydrogens is 409 g/mol. The number of aryl methyl sites for hydroxylation is 3. The second kappa shape index (κ2) is 10.8. The van der Waals surface area contributed by atoms with E-state index in [0.717, 1.165) is 35.7 Å². The first kappa shape index (κ1) is 23.3. The smallest absolute Gasteiger partial charge is 0.306 e. The maximum Gasteiger partial charge on any atom is 0.306 e. The molecule has 168 valence electrons. The molecule has 0 unspecified atom stereocenters. The molecular formula is C26H28FNO4. The first-order valence-electron chi connectivity index (χ1n) is 10.6.